The van der Waals surface area contributed by atoms with Gasteiger partial charge in [-0.3, -0.25) is 9.59 Å². The van der Waals surface area contributed by atoms with E-state index in [2.05, 4.69) is 0 Å². The molecule has 0 saturated carbocycles. The number of allylic oxidation sites excluding steroid dienone is 1. The summed E-state index contributed by atoms with van der Waals surface area (Å²) in [6, 6.07) is 18.3. The number of halogens is 1. The molecule has 3 aromatic carbocycles. The number of aryl methyl sites for hydroxylation is 1. The third-order valence-corrected chi connectivity index (χ3v) is 4.57. The number of hydrogen-bond donors (Lipinski definition) is 0. The standard InChI is InChI=1S/C25H21FO4/c1-17-6-3-4-9-22(17)25(28)20(15-27)12-18-10-11-23(24(14-18)29-2)30-16-19-7-5-8-21(26)13-19/h3-15H,16H2,1-2H3/b20-12-. The molecule has 0 aliphatic heterocycles. The first-order valence-electron chi connectivity index (χ1n) is 9.34. The Bertz CT molecular complexity index is 1100. The maximum Gasteiger partial charge on any atom is 0.196 e. The van der Waals surface area contributed by atoms with Gasteiger partial charge >= 0.3 is 0 Å². The van der Waals surface area contributed by atoms with Crippen molar-refractivity contribution in [3.63, 3.8) is 0 Å². The van der Waals surface area contributed by atoms with E-state index in [1.165, 1.54) is 25.3 Å². The summed E-state index contributed by atoms with van der Waals surface area (Å²) in [5.74, 6) is 0.238. The molecular weight excluding hydrogens is 383 g/mol. The minimum absolute atomic E-state index is 0.0415. The van der Waals surface area contributed by atoms with E-state index in [-0.39, 0.29) is 23.8 Å². The summed E-state index contributed by atoms with van der Waals surface area (Å²) in [5.41, 5.74) is 2.63. The molecule has 3 rings (SSSR count). The summed E-state index contributed by atoms with van der Waals surface area (Å²) in [6.45, 7) is 2.00. The molecule has 0 fully saturated rings. The number of Topliss-reactive ketones (excluding diaryl/α,β-unsaturated/α-hetero) is 1. The van der Waals surface area contributed by atoms with E-state index in [4.69, 9.17) is 9.47 Å². The molecule has 30 heavy (non-hydrogen) atoms. The number of methoxy groups -OCH3 is 1. The van der Waals surface area contributed by atoms with Gasteiger partial charge in [-0.05, 0) is 54.0 Å². The average molecular weight is 404 g/mol. The lowest BCUT2D eigenvalue weighted by atomic mass is 9.98. The van der Waals surface area contributed by atoms with E-state index in [0.717, 1.165) is 5.56 Å². The fourth-order valence-electron chi connectivity index (χ4n) is 3.00. The second-order valence-electron chi connectivity index (χ2n) is 6.69. The largest absolute Gasteiger partial charge is 0.493 e. The summed E-state index contributed by atoms with van der Waals surface area (Å²) in [6.07, 6.45) is 2.07. The van der Waals surface area contributed by atoms with Crippen LogP contribution in [0.2, 0.25) is 0 Å². The van der Waals surface area contributed by atoms with Crippen LogP contribution in [0.3, 0.4) is 0 Å². The highest BCUT2D eigenvalue weighted by Gasteiger charge is 2.14. The van der Waals surface area contributed by atoms with Gasteiger partial charge in [0.15, 0.2) is 23.6 Å². The predicted molar refractivity (Wildman–Crippen MR) is 113 cm³/mol. The Kier molecular flexibility index (Phi) is 6.75. The van der Waals surface area contributed by atoms with Gasteiger partial charge < -0.3 is 9.47 Å². The van der Waals surface area contributed by atoms with Crippen molar-refractivity contribution >= 4 is 18.1 Å². The van der Waals surface area contributed by atoms with Crippen molar-refractivity contribution in [1.29, 1.82) is 0 Å². The van der Waals surface area contributed by atoms with Gasteiger partial charge in [-0.2, -0.15) is 0 Å². The molecule has 3 aromatic rings. The molecule has 4 nitrogen and oxygen atoms in total. The van der Waals surface area contributed by atoms with Gasteiger partial charge in [0.1, 0.15) is 12.4 Å². The van der Waals surface area contributed by atoms with Crippen LogP contribution in [0.4, 0.5) is 4.39 Å². The molecule has 152 valence electrons. The molecular formula is C25H21FO4. The number of hydrogen-bond acceptors (Lipinski definition) is 4. The van der Waals surface area contributed by atoms with Crippen molar-refractivity contribution in [2.24, 2.45) is 0 Å². The average Bonchev–Trinajstić information content (AvgIpc) is 2.76. The number of benzene rings is 3. The third kappa shape index (κ3) is 5.00. The zero-order valence-electron chi connectivity index (χ0n) is 16.7. The summed E-state index contributed by atoms with van der Waals surface area (Å²) < 4.78 is 24.4. The first-order chi connectivity index (χ1) is 14.5. The molecule has 0 heterocycles. The third-order valence-electron chi connectivity index (χ3n) is 4.57. The van der Waals surface area contributed by atoms with E-state index in [0.29, 0.717) is 34.5 Å². The SMILES string of the molecule is COc1cc(/C=C(/C=O)C(=O)c2ccccc2C)ccc1OCc1cccc(F)c1. The fourth-order valence-corrected chi connectivity index (χ4v) is 3.00. The maximum atomic E-state index is 13.3. The van der Waals surface area contributed by atoms with E-state index < -0.39 is 0 Å². The first-order valence-corrected chi connectivity index (χ1v) is 9.34. The normalized spacial score (nSPS) is 11.1. The Labute approximate surface area is 174 Å². The van der Waals surface area contributed by atoms with Gasteiger partial charge in [0, 0.05) is 5.56 Å². The molecule has 0 spiro atoms. The van der Waals surface area contributed by atoms with Crippen LogP contribution in [0.1, 0.15) is 27.0 Å². The molecule has 0 saturated heterocycles. The molecule has 0 N–H and O–H groups in total. The second kappa shape index (κ2) is 9.65. The highest BCUT2D eigenvalue weighted by Crippen LogP contribution is 2.30. The van der Waals surface area contributed by atoms with Crippen molar-refractivity contribution in [3.05, 3.63) is 100 Å². The monoisotopic (exact) mass is 404 g/mol. The highest BCUT2D eigenvalue weighted by atomic mass is 19.1. The molecule has 5 heteroatoms. The first kappa shape index (κ1) is 21.0. The van der Waals surface area contributed by atoms with E-state index >= 15 is 0 Å². The Morgan fingerprint density at radius 2 is 1.80 bits per heavy atom. The van der Waals surface area contributed by atoms with Crippen LogP contribution in [0, 0.1) is 12.7 Å². The quantitative estimate of drug-likeness (QED) is 0.171. The second-order valence-corrected chi connectivity index (χ2v) is 6.69. The van der Waals surface area contributed by atoms with Crippen LogP contribution in [0.15, 0.2) is 72.3 Å². The summed E-state index contributed by atoms with van der Waals surface area (Å²) in [7, 11) is 1.50. The van der Waals surface area contributed by atoms with Gasteiger partial charge in [0.2, 0.25) is 0 Å². The van der Waals surface area contributed by atoms with Gasteiger partial charge in [-0.25, -0.2) is 4.39 Å². The van der Waals surface area contributed by atoms with Crippen molar-refractivity contribution in [3.8, 4) is 11.5 Å². The Morgan fingerprint density at radius 1 is 1.00 bits per heavy atom. The Morgan fingerprint density at radius 3 is 2.50 bits per heavy atom. The lowest BCUT2D eigenvalue weighted by molar-refractivity contribution is -0.104. The molecule has 0 amide bonds. The maximum absolute atomic E-state index is 13.3. The van der Waals surface area contributed by atoms with Crippen molar-refractivity contribution in [1.82, 2.24) is 0 Å². The van der Waals surface area contributed by atoms with E-state index in [1.807, 2.05) is 19.1 Å². The van der Waals surface area contributed by atoms with Gasteiger partial charge in [-0.15, -0.1) is 0 Å². The molecule has 0 aliphatic carbocycles. The topological polar surface area (TPSA) is 52.6 Å². The van der Waals surface area contributed by atoms with E-state index in [1.54, 1.807) is 42.5 Å². The number of ketones is 1. The van der Waals surface area contributed by atoms with Gasteiger partial charge in [0.05, 0.1) is 12.7 Å². The van der Waals surface area contributed by atoms with Gasteiger partial charge in [0.25, 0.3) is 0 Å². The Balaban J connectivity index is 1.83. The molecule has 0 radical (unpaired) electrons. The predicted octanol–water partition coefficient (Wildman–Crippen LogP) is 5.19. The number of aldehydes is 1. The van der Waals surface area contributed by atoms with Crippen LogP contribution in [0.5, 0.6) is 11.5 Å². The van der Waals surface area contributed by atoms with Crippen molar-refractivity contribution in [2.75, 3.05) is 7.11 Å². The van der Waals surface area contributed by atoms with Crippen molar-refractivity contribution in [2.45, 2.75) is 13.5 Å². The van der Waals surface area contributed by atoms with Crippen LogP contribution in [-0.2, 0) is 11.4 Å². The minimum atomic E-state index is -0.339. The summed E-state index contributed by atoms with van der Waals surface area (Å²) in [4.78, 5) is 24.3. The minimum Gasteiger partial charge on any atom is -0.493 e. The Hall–Kier alpha value is -3.73. The summed E-state index contributed by atoms with van der Waals surface area (Å²) >= 11 is 0. The number of carbonyl (C=O) groups excluding carboxylic acids is 2. The fraction of sp³-hybridized carbons (Fsp3) is 0.120. The molecule has 0 aliphatic rings. The van der Waals surface area contributed by atoms with Crippen LogP contribution in [-0.4, -0.2) is 19.2 Å². The highest BCUT2D eigenvalue weighted by molar-refractivity contribution is 6.23. The molecule has 0 bridgehead atoms. The van der Waals surface area contributed by atoms with Crippen molar-refractivity contribution < 1.29 is 23.5 Å². The molecule has 0 atom stereocenters. The number of ether oxygens (including phenoxy) is 2. The van der Waals surface area contributed by atoms with E-state index in [9.17, 15) is 14.0 Å². The number of carbonyl (C=O) groups is 2. The molecule has 0 aromatic heterocycles. The summed E-state index contributed by atoms with van der Waals surface area (Å²) in [5, 5.41) is 0. The van der Waals surface area contributed by atoms with Crippen LogP contribution < -0.4 is 9.47 Å². The lowest BCUT2D eigenvalue weighted by Gasteiger charge is -2.12. The van der Waals surface area contributed by atoms with Crippen LogP contribution >= 0.6 is 0 Å². The van der Waals surface area contributed by atoms with Crippen LogP contribution in [0.25, 0.3) is 6.08 Å². The number of rotatable bonds is 8. The lowest BCUT2D eigenvalue weighted by Crippen LogP contribution is -2.06. The van der Waals surface area contributed by atoms with Gasteiger partial charge in [-0.1, -0.05) is 42.5 Å². The zero-order chi connectivity index (χ0) is 21.5. The zero-order valence-corrected chi connectivity index (χ0v) is 16.7. The smallest absolute Gasteiger partial charge is 0.196 e. The molecule has 0 unspecified atom stereocenters.